The van der Waals surface area contributed by atoms with E-state index in [1.54, 1.807) is 0 Å². The van der Waals surface area contributed by atoms with Crippen LogP contribution < -0.4 is 4.90 Å². The van der Waals surface area contributed by atoms with Crippen molar-refractivity contribution in [2.45, 2.75) is 0 Å². The third kappa shape index (κ3) is 1.82. The second-order valence-corrected chi connectivity index (χ2v) is 6.60. The van der Waals surface area contributed by atoms with Crippen molar-refractivity contribution < 1.29 is 0 Å². The zero-order chi connectivity index (χ0) is 16.4. The van der Waals surface area contributed by atoms with Gasteiger partial charge in [0, 0.05) is 28.2 Å². The van der Waals surface area contributed by atoms with Crippen molar-refractivity contribution in [2.24, 2.45) is 0 Å². The molecule has 1 aromatic heterocycles. The summed E-state index contributed by atoms with van der Waals surface area (Å²) < 4.78 is 0. The lowest BCUT2D eigenvalue weighted by Crippen LogP contribution is -2.10. The van der Waals surface area contributed by atoms with Crippen LogP contribution in [0.2, 0.25) is 0 Å². The monoisotopic (exact) mass is 318 g/mol. The molecule has 15 rings (SSSR count). The minimum atomic E-state index is 1.01. The first-order chi connectivity index (χ1) is 12.3. The third-order valence-corrected chi connectivity index (χ3v) is 5.13. The van der Waals surface area contributed by atoms with Crippen LogP contribution in [0, 0.1) is 0 Å². The molecule has 10 bridgehead atoms. The summed E-state index contributed by atoms with van der Waals surface area (Å²) in [5.74, 6) is 0. The highest BCUT2D eigenvalue weighted by Gasteiger charge is 2.17. The van der Waals surface area contributed by atoms with Gasteiger partial charge in [-0.25, -0.2) is 4.98 Å². The average molecular weight is 318 g/mol. The lowest BCUT2D eigenvalue weighted by molar-refractivity contribution is 1.26. The van der Waals surface area contributed by atoms with E-state index in [0.717, 1.165) is 33.9 Å². The van der Waals surface area contributed by atoms with Crippen LogP contribution in [0.15, 0.2) is 84.9 Å². The molecule has 11 aliphatic rings. The smallest absolute Gasteiger partial charge is 0.0715 e. The molecule has 0 saturated carbocycles. The number of hydrogen-bond acceptors (Lipinski definition) is 2. The van der Waals surface area contributed by atoms with Crippen molar-refractivity contribution in [3.63, 3.8) is 0 Å². The van der Waals surface area contributed by atoms with Crippen LogP contribution in [0.5, 0.6) is 0 Å². The Hall–Kier alpha value is -3.39. The number of nitrogens with zero attached hydrogens (tertiary/aromatic N) is 2. The fourth-order valence-electron chi connectivity index (χ4n) is 3.81. The maximum absolute atomic E-state index is 4.94. The summed E-state index contributed by atoms with van der Waals surface area (Å²) in [5.41, 5.74) is 10.2. The van der Waals surface area contributed by atoms with Crippen molar-refractivity contribution in [1.29, 1.82) is 0 Å². The lowest BCUT2D eigenvalue weighted by atomic mass is 9.97. The molecule has 0 fully saturated rings. The van der Waals surface area contributed by atoms with Crippen molar-refractivity contribution in [2.75, 3.05) is 4.90 Å². The molecule has 12 heterocycles. The Morgan fingerprint density at radius 1 is 0.440 bits per heavy atom. The van der Waals surface area contributed by atoms with Gasteiger partial charge in [-0.05, 0) is 59.7 Å². The summed E-state index contributed by atoms with van der Waals surface area (Å²) >= 11 is 0. The molecule has 0 spiro atoms. The summed E-state index contributed by atoms with van der Waals surface area (Å²) in [4.78, 5) is 7.24. The number of benzene rings is 3. The predicted octanol–water partition coefficient (Wildman–Crippen LogP) is 6.18. The highest BCUT2D eigenvalue weighted by atomic mass is 15.1. The molecule has 0 aliphatic carbocycles. The zero-order valence-electron chi connectivity index (χ0n) is 13.5. The fourth-order valence-corrected chi connectivity index (χ4v) is 3.81. The highest BCUT2D eigenvalue weighted by Crippen LogP contribution is 2.40. The maximum atomic E-state index is 4.94. The Bertz CT molecular complexity index is 950. The Morgan fingerprint density at radius 2 is 0.840 bits per heavy atom. The molecule has 116 valence electrons. The SMILES string of the molecule is c1cc2ccc1-c1cc3nc(c1)-c1ccc(cc1)N2c1ccc-3cc1. The lowest BCUT2D eigenvalue weighted by Gasteiger charge is -2.27. The molecule has 3 aromatic carbocycles. The summed E-state index contributed by atoms with van der Waals surface area (Å²) in [5, 5.41) is 0. The van der Waals surface area contributed by atoms with Gasteiger partial charge < -0.3 is 4.90 Å². The largest absolute Gasteiger partial charge is 0.311 e. The van der Waals surface area contributed by atoms with E-state index in [1.807, 2.05) is 0 Å². The van der Waals surface area contributed by atoms with Gasteiger partial charge >= 0.3 is 0 Å². The third-order valence-electron chi connectivity index (χ3n) is 5.13. The average Bonchev–Trinajstić information content (AvgIpc) is 2.68. The molecule has 2 nitrogen and oxygen atoms in total. The minimum Gasteiger partial charge on any atom is -0.311 e. The maximum Gasteiger partial charge on any atom is 0.0715 e. The van der Waals surface area contributed by atoms with E-state index in [-0.39, 0.29) is 0 Å². The quantitative estimate of drug-likeness (QED) is 0.332. The Labute approximate surface area is 146 Å². The zero-order valence-corrected chi connectivity index (χ0v) is 13.5. The topological polar surface area (TPSA) is 16.1 Å². The van der Waals surface area contributed by atoms with Crippen LogP contribution in [0.25, 0.3) is 33.6 Å². The van der Waals surface area contributed by atoms with Crippen molar-refractivity contribution in [3.8, 4) is 33.6 Å². The van der Waals surface area contributed by atoms with Gasteiger partial charge in [-0.3, -0.25) is 0 Å². The van der Waals surface area contributed by atoms with Gasteiger partial charge in [-0.1, -0.05) is 36.4 Å². The molecule has 0 amide bonds. The van der Waals surface area contributed by atoms with E-state index in [4.69, 9.17) is 4.98 Å². The van der Waals surface area contributed by atoms with Crippen LogP contribution in [-0.2, 0) is 0 Å². The fraction of sp³-hybridized carbons (Fsp3) is 0. The van der Waals surface area contributed by atoms with Gasteiger partial charge in [-0.15, -0.1) is 0 Å². The number of aromatic nitrogens is 1. The van der Waals surface area contributed by atoms with Crippen LogP contribution in [-0.4, -0.2) is 4.98 Å². The standard InChI is InChI=1S/C23H14N2/c1-7-19-8-2-15(1)18-13-22-16-3-9-20(10-4-16)25(19)21-11-5-17(6-12-21)23(14-18)24-22/h1-14H. The van der Waals surface area contributed by atoms with Gasteiger partial charge in [0.15, 0.2) is 0 Å². The van der Waals surface area contributed by atoms with Crippen LogP contribution in [0.1, 0.15) is 0 Å². The first-order valence-corrected chi connectivity index (χ1v) is 8.49. The van der Waals surface area contributed by atoms with Crippen molar-refractivity contribution in [3.05, 3.63) is 84.9 Å². The Balaban J connectivity index is 1.88. The molecule has 25 heavy (non-hydrogen) atoms. The molecule has 2 heteroatoms. The Morgan fingerprint density at radius 3 is 1.28 bits per heavy atom. The molecular formula is C23H14N2. The number of rotatable bonds is 0. The number of hydrogen-bond donors (Lipinski definition) is 0. The van der Waals surface area contributed by atoms with Crippen LogP contribution >= 0.6 is 0 Å². The second kappa shape index (κ2) is 4.58. The highest BCUT2D eigenvalue weighted by molar-refractivity contribution is 5.84. The molecule has 0 N–H and O–H groups in total. The van der Waals surface area contributed by atoms with E-state index < -0.39 is 0 Å². The van der Waals surface area contributed by atoms with Gasteiger partial charge in [-0.2, -0.15) is 0 Å². The van der Waals surface area contributed by atoms with E-state index in [0.29, 0.717) is 0 Å². The van der Waals surface area contributed by atoms with Gasteiger partial charge in [0.2, 0.25) is 0 Å². The number of pyridine rings is 1. The predicted molar refractivity (Wildman–Crippen MR) is 102 cm³/mol. The Kier molecular flexibility index (Phi) is 2.37. The molecule has 0 saturated heterocycles. The van der Waals surface area contributed by atoms with Crippen LogP contribution in [0.3, 0.4) is 0 Å². The summed E-state index contributed by atoms with van der Waals surface area (Å²) in [6.07, 6.45) is 0. The molecule has 0 unspecified atom stereocenters. The van der Waals surface area contributed by atoms with Crippen LogP contribution in [0.4, 0.5) is 17.1 Å². The van der Waals surface area contributed by atoms with Crippen molar-refractivity contribution >= 4 is 17.1 Å². The van der Waals surface area contributed by atoms with E-state index in [1.165, 1.54) is 16.8 Å². The molecule has 4 aromatic rings. The first-order valence-electron chi connectivity index (χ1n) is 8.49. The first kappa shape index (κ1) is 13.0. The van der Waals surface area contributed by atoms with Crippen molar-refractivity contribution in [1.82, 2.24) is 4.98 Å². The molecule has 0 atom stereocenters. The van der Waals surface area contributed by atoms with Gasteiger partial charge in [0.1, 0.15) is 0 Å². The number of anilines is 3. The molecule has 0 radical (unpaired) electrons. The minimum absolute atomic E-state index is 1.01. The van der Waals surface area contributed by atoms with E-state index >= 15 is 0 Å². The summed E-state index contributed by atoms with van der Waals surface area (Å²) in [6, 6.07) is 30.5. The van der Waals surface area contributed by atoms with Gasteiger partial charge in [0.25, 0.3) is 0 Å². The normalized spacial score (nSPS) is 12.7. The van der Waals surface area contributed by atoms with E-state index in [9.17, 15) is 0 Å². The second-order valence-electron chi connectivity index (χ2n) is 6.60. The summed E-state index contributed by atoms with van der Waals surface area (Å²) in [6.45, 7) is 0. The van der Waals surface area contributed by atoms with Gasteiger partial charge in [0.05, 0.1) is 11.4 Å². The summed E-state index contributed by atoms with van der Waals surface area (Å²) in [7, 11) is 0. The van der Waals surface area contributed by atoms with E-state index in [2.05, 4.69) is 89.8 Å². The molecule has 11 aliphatic heterocycles. The molecular weight excluding hydrogens is 304 g/mol.